The van der Waals surface area contributed by atoms with Crippen LogP contribution in [0.5, 0.6) is 0 Å². The summed E-state index contributed by atoms with van der Waals surface area (Å²) in [6, 6.07) is 16.1. The zero-order valence-corrected chi connectivity index (χ0v) is 17.1. The van der Waals surface area contributed by atoms with Crippen molar-refractivity contribution in [2.75, 3.05) is 11.6 Å². The number of rotatable bonds is 3. The fourth-order valence-corrected chi connectivity index (χ4v) is 3.67. The molecule has 5 nitrogen and oxygen atoms in total. The molecule has 0 N–H and O–H groups in total. The Bertz CT molecular complexity index is 1070. The van der Waals surface area contributed by atoms with Gasteiger partial charge >= 0.3 is 0 Å². The summed E-state index contributed by atoms with van der Waals surface area (Å²) in [5.41, 5.74) is 4.71. The van der Waals surface area contributed by atoms with Gasteiger partial charge in [0.15, 0.2) is 0 Å². The van der Waals surface area contributed by atoms with Crippen molar-refractivity contribution in [1.29, 1.82) is 0 Å². The SMILES string of the molecule is Cc1ccc(N2CN(Cc3ccccc3Cl)Cn3c2nc(C)c(C)c3=O)cc1. The van der Waals surface area contributed by atoms with E-state index in [1.54, 1.807) is 4.57 Å². The van der Waals surface area contributed by atoms with Gasteiger partial charge in [-0.05, 0) is 44.5 Å². The van der Waals surface area contributed by atoms with Gasteiger partial charge in [-0.15, -0.1) is 0 Å². The molecule has 0 aliphatic carbocycles. The van der Waals surface area contributed by atoms with Crippen LogP contribution >= 0.6 is 11.6 Å². The first-order valence-electron chi connectivity index (χ1n) is 9.32. The fourth-order valence-electron chi connectivity index (χ4n) is 3.47. The summed E-state index contributed by atoms with van der Waals surface area (Å²) >= 11 is 6.37. The monoisotopic (exact) mass is 394 g/mol. The van der Waals surface area contributed by atoms with Crippen LogP contribution in [0.25, 0.3) is 0 Å². The van der Waals surface area contributed by atoms with E-state index in [2.05, 4.69) is 41.0 Å². The molecule has 4 rings (SSSR count). The van der Waals surface area contributed by atoms with E-state index in [9.17, 15) is 4.79 Å². The lowest BCUT2D eigenvalue weighted by atomic mass is 10.2. The normalized spacial score (nSPS) is 14.2. The number of hydrogen-bond acceptors (Lipinski definition) is 4. The first-order valence-corrected chi connectivity index (χ1v) is 9.70. The Morgan fingerprint density at radius 3 is 2.43 bits per heavy atom. The second-order valence-electron chi connectivity index (χ2n) is 7.32. The van der Waals surface area contributed by atoms with Crippen molar-refractivity contribution < 1.29 is 0 Å². The highest BCUT2D eigenvalue weighted by Gasteiger charge is 2.27. The predicted molar refractivity (Wildman–Crippen MR) is 113 cm³/mol. The van der Waals surface area contributed by atoms with Gasteiger partial charge in [0.05, 0.1) is 13.3 Å². The van der Waals surface area contributed by atoms with Crippen molar-refractivity contribution in [2.45, 2.75) is 34.0 Å². The van der Waals surface area contributed by atoms with Crippen LogP contribution in [-0.2, 0) is 13.2 Å². The summed E-state index contributed by atoms with van der Waals surface area (Å²) in [6.45, 7) is 7.55. The molecule has 0 saturated heterocycles. The molecule has 144 valence electrons. The van der Waals surface area contributed by atoms with Gasteiger partial charge in [0.25, 0.3) is 5.56 Å². The lowest BCUT2D eigenvalue weighted by molar-refractivity contribution is 0.190. The highest BCUT2D eigenvalue weighted by atomic mass is 35.5. The third-order valence-corrected chi connectivity index (χ3v) is 5.61. The largest absolute Gasteiger partial charge is 0.298 e. The van der Waals surface area contributed by atoms with E-state index < -0.39 is 0 Å². The third-order valence-electron chi connectivity index (χ3n) is 5.24. The molecule has 0 saturated carbocycles. The number of aromatic nitrogens is 2. The van der Waals surface area contributed by atoms with Crippen LogP contribution in [0.3, 0.4) is 0 Å². The summed E-state index contributed by atoms with van der Waals surface area (Å²) in [6.07, 6.45) is 0. The Balaban J connectivity index is 1.78. The van der Waals surface area contributed by atoms with E-state index in [4.69, 9.17) is 16.6 Å². The standard InChI is InChI=1S/C22H23ClN4O/c1-15-8-10-19(11-9-15)26-13-25(12-18-6-4-5-7-20(18)23)14-27-21(28)16(2)17(3)24-22(26)27/h4-11H,12-14H2,1-3H3. The highest BCUT2D eigenvalue weighted by molar-refractivity contribution is 6.31. The van der Waals surface area contributed by atoms with Crippen molar-refractivity contribution in [3.05, 3.63) is 86.3 Å². The zero-order chi connectivity index (χ0) is 19.8. The van der Waals surface area contributed by atoms with Gasteiger partial charge < -0.3 is 0 Å². The third kappa shape index (κ3) is 3.43. The average molecular weight is 395 g/mol. The molecule has 0 amide bonds. The van der Waals surface area contributed by atoms with Crippen LogP contribution < -0.4 is 10.5 Å². The molecule has 1 aliphatic rings. The fraction of sp³-hybridized carbons (Fsp3) is 0.273. The molecule has 6 heteroatoms. The minimum atomic E-state index is 0.00321. The smallest absolute Gasteiger partial charge is 0.259 e. The second-order valence-corrected chi connectivity index (χ2v) is 7.73. The number of nitrogens with zero attached hydrogens (tertiary/aromatic N) is 4. The number of halogens is 1. The number of fused-ring (bicyclic) bond motifs is 1. The van der Waals surface area contributed by atoms with E-state index in [0.29, 0.717) is 31.4 Å². The summed E-state index contributed by atoms with van der Waals surface area (Å²) < 4.78 is 1.75. The summed E-state index contributed by atoms with van der Waals surface area (Å²) in [4.78, 5) is 22.0. The molecule has 1 aliphatic heterocycles. The van der Waals surface area contributed by atoms with E-state index in [1.165, 1.54) is 5.56 Å². The molecule has 0 radical (unpaired) electrons. The molecule has 0 bridgehead atoms. The summed E-state index contributed by atoms with van der Waals surface area (Å²) in [5.74, 6) is 0.687. The first-order chi connectivity index (χ1) is 13.4. The maximum absolute atomic E-state index is 13.0. The van der Waals surface area contributed by atoms with Crippen LogP contribution in [0.2, 0.25) is 5.02 Å². The molecule has 2 heterocycles. The second kappa shape index (κ2) is 7.41. The minimum Gasteiger partial charge on any atom is -0.298 e. The Hall–Kier alpha value is -2.63. The molecule has 0 atom stereocenters. The van der Waals surface area contributed by atoms with Gasteiger partial charge in [-0.3, -0.25) is 19.2 Å². The van der Waals surface area contributed by atoms with E-state index in [-0.39, 0.29) is 5.56 Å². The van der Waals surface area contributed by atoms with Crippen molar-refractivity contribution in [1.82, 2.24) is 14.5 Å². The summed E-state index contributed by atoms with van der Waals surface area (Å²) in [7, 11) is 0. The Morgan fingerprint density at radius 1 is 1.00 bits per heavy atom. The van der Waals surface area contributed by atoms with Gasteiger partial charge in [0, 0.05) is 28.5 Å². The maximum atomic E-state index is 13.0. The summed E-state index contributed by atoms with van der Waals surface area (Å²) in [5, 5.41) is 0.737. The van der Waals surface area contributed by atoms with Crippen LogP contribution in [0.4, 0.5) is 11.6 Å². The Kier molecular flexibility index (Phi) is 4.96. The molecule has 0 spiro atoms. The quantitative estimate of drug-likeness (QED) is 0.660. The molecule has 0 unspecified atom stereocenters. The van der Waals surface area contributed by atoms with Crippen LogP contribution in [-0.4, -0.2) is 21.1 Å². The lowest BCUT2D eigenvalue weighted by Gasteiger charge is -2.38. The Labute approximate surface area is 169 Å². The Morgan fingerprint density at radius 2 is 1.71 bits per heavy atom. The highest BCUT2D eigenvalue weighted by Crippen LogP contribution is 2.29. The first kappa shape index (κ1) is 18.7. The molecule has 2 aromatic carbocycles. The molecular weight excluding hydrogens is 372 g/mol. The van der Waals surface area contributed by atoms with Gasteiger partial charge in [0.2, 0.25) is 5.95 Å². The van der Waals surface area contributed by atoms with Gasteiger partial charge in [0.1, 0.15) is 0 Å². The van der Waals surface area contributed by atoms with E-state index >= 15 is 0 Å². The topological polar surface area (TPSA) is 41.4 Å². The predicted octanol–water partition coefficient (Wildman–Crippen LogP) is 4.39. The van der Waals surface area contributed by atoms with Crippen LogP contribution in [0.1, 0.15) is 22.4 Å². The number of anilines is 2. The van der Waals surface area contributed by atoms with Crippen molar-refractivity contribution in [3.63, 3.8) is 0 Å². The minimum absolute atomic E-state index is 0.00321. The van der Waals surface area contributed by atoms with Crippen LogP contribution in [0.15, 0.2) is 53.3 Å². The van der Waals surface area contributed by atoms with Crippen molar-refractivity contribution in [3.8, 4) is 0 Å². The average Bonchev–Trinajstić information content (AvgIpc) is 2.69. The van der Waals surface area contributed by atoms with Gasteiger partial charge in [-0.2, -0.15) is 0 Å². The van der Waals surface area contributed by atoms with Crippen molar-refractivity contribution >= 4 is 23.2 Å². The van der Waals surface area contributed by atoms with Gasteiger partial charge in [-0.25, -0.2) is 4.98 Å². The molecule has 28 heavy (non-hydrogen) atoms. The maximum Gasteiger partial charge on any atom is 0.259 e. The number of aryl methyl sites for hydroxylation is 2. The van der Waals surface area contributed by atoms with Crippen molar-refractivity contribution in [2.24, 2.45) is 0 Å². The zero-order valence-electron chi connectivity index (χ0n) is 16.3. The number of hydrogen-bond donors (Lipinski definition) is 0. The number of benzene rings is 2. The molecule has 3 aromatic rings. The van der Waals surface area contributed by atoms with E-state index in [0.717, 1.165) is 22.0 Å². The molecule has 1 aromatic heterocycles. The van der Waals surface area contributed by atoms with E-state index in [1.807, 2.05) is 38.1 Å². The molecule has 0 fully saturated rings. The van der Waals surface area contributed by atoms with Crippen LogP contribution in [0, 0.1) is 20.8 Å². The van der Waals surface area contributed by atoms with Gasteiger partial charge in [-0.1, -0.05) is 47.5 Å². The lowest BCUT2D eigenvalue weighted by Crippen LogP contribution is -2.47. The molecular formula is C22H23ClN4O.